The van der Waals surface area contributed by atoms with Gasteiger partial charge in [0.15, 0.2) is 0 Å². The van der Waals surface area contributed by atoms with Gasteiger partial charge in [0.1, 0.15) is 0 Å². The molecule has 0 saturated heterocycles. The zero-order chi connectivity index (χ0) is 14.3. The molecule has 2 unspecified atom stereocenters. The molecule has 2 atom stereocenters. The molecule has 1 saturated carbocycles. The Bertz CT molecular complexity index is 245. The van der Waals surface area contributed by atoms with E-state index in [1.807, 2.05) is 0 Å². The van der Waals surface area contributed by atoms with Gasteiger partial charge in [-0.25, -0.2) is 0 Å². The van der Waals surface area contributed by atoms with Crippen LogP contribution in [-0.2, 0) is 4.43 Å². The Morgan fingerprint density at radius 1 is 1.11 bits per heavy atom. The van der Waals surface area contributed by atoms with Crippen LogP contribution in [0.1, 0.15) is 60.3 Å². The first kappa shape index (κ1) is 17.1. The van der Waals surface area contributed by atoms with Crippen molar-refractivity contribution in [2.24, 2.45) is 5.92 Å². The second-order valence-corrected chi connectivity index (χ2v) is 8.51. The third-order valence-corrected chi connectivity index (χ3v) is 7.07. The Labute approximate surface area is 120 Å². The van der Waals surface area contributed by atoms with Crippen molar-refractivity contribution in [3.8, 4) is 0 Å². The fourth-order valence-electron chi connectivity index (χ4n) is 2.93. The SMILES string of the molecule is CCN[Si](NCC)(NC1CCCCC1C)OC(C)C. The molecule has 19 heavy (non-hydrogen) atoms. The Kier molecular flexibility index (Phi) is 7.53. The monoisotopic (exact) mass is 287 g/mol. The van der Waals surface area contributed by atoms with Crippen molar-refractivity contribution in [2.75, 3.05) is 13.1 Å². The minimum Gasteiger partial charge on any atom is -0.378 e. The second kappa shape index (κ2) is 8.37. The minimum absolute atomic E-state index is 0.233. The molecule has 0 spiro atoms. The fraction of sp³-hybridized carbons (Fsp3) is 1.00. The maximum absolute atomic E-state index is 6.28. The van der Waals surface area contributed by atoms with Crippen molar-refractivity contribution in [2.45, 2.75) is 72.4 Å². The molecular weight excluding hydrogens is 254 g/mol. The summed E-state index contributed by atoms with van der Waals surface area (Å²) in [7, 11) is -2.24. The van der Waals surface area contributed by atoms with Gasteiger partial charge in [0.05, 0.1) is 0 Å². The number of hydrogen-bond acceptors (Lipinski definition) is 4. The lowest BCUT2D eigenvalue weighted by atomic mass is 9.87. The lowest BCUT2D eigenvalue weighted by Crippen LogP contribution is -2.77. The molecule has 1 aliphatic rings. The van der Waals surface area contributed by atoms with Crippen molar-refractivity contribution in [3.05, 3.63) is 0 Å². The summed E-state index contributed by atoms with van der Waals surface area (Å²) < 4.78 is 6.28. The van der Waals surface area contributed by atoms with E-state index in [0.717, 1.165) is 19.0 Å². The van der Waals surface area contributed by atoms with Gasteiger partial charge in [0.25, 0.3) is 0 Å². The highest BCUT2D eigenvalue weighted by Gasteiger charge is 2.40. The summed E-state index contributed by atoms with van der Waals surface area (Å²) in [6, 6.07) is 0.581. The molecule has 0 bridgehead atoms. The van der Waals surface area contributed by atoms with Crippen LogP contribution < -0.4 is 14.9 Å². The van der Waals surface area contributed by atoms with Crippen molar-refractivity contribution < 1.29 is 4.43 Å². The van der Waals surface area contributed by atoms with Gasteiger partial charge in [-0.05, 0) is 45.7 Å². The topological polar surface area (TPSA) is 45.3 Å². The number of hydrogen-bond donors (Lipinski definition) is 3. The molecule has 0 amide bonds. The van der Waals surface area contributed by atoms with E-state index in [4.69, 9.17) is 4.43 Å². The van der Waals surface area contributed by atoms with Gasteiger partial charge in [-0.3, -0.25) is 14.9 Å². The van der Waals surface area contributed by atoms with E-state index in [9.17, 15) is 0 Å². The average molecular weight is 288 g/mol. The highest BCUT2D eigenvalue weighted by molar-refractivity contribution is 6.66. The van der Waals surface area contributed by atoms with E-state index in [2.05, 4.69) is 49.6 Å². The Morgan fingerprint density at radius 3 is 2.16 bits per heavy atom. The molecule has 1 rings (SSSR count). The highest BCUT2D eigenvalue weighted by atomic mass is 28.4. The molecule has 114 valence electrons. The molecule has 0 aromatic carbocycles. The van der Waals surface area contributed by atoms with Gasteiger partial charge in [-0.1, -0.05) is 33.6 Å². The smallest absolute Gasteiger partial charge is 0.378 e. The van der Waals surface area contributed by atoms with E-state index in [1.54, 1.807) is 0 Å². The Morgan fingerprint density at radius 2 is 1.68 bits per heavy atom. The lowest BCUT2D eigenvalue weighted by molar-refractivity contribution is 0.187. The minimum atomic E-state index is -2.24. The molecule has 3 N–H and O–H groups in total. The van der Waals surface area contributed by atoms with Crippen LogP contribution in [0.3, 0.4) is 0 Å². The molecule has 0 heterocycles. The van der Waals surface area contributed by atoms with Crippen LogP contribution in [0.5, 0.6) is 0 Å². The van der Waals surface area contributed by atoms with Crippen molar-refractivity contribution in [1.29, 1.82) is 0 Å². The first-order valence-corrected chi connectivity index (χ1v) is 9.89. The summed E-state index contributed by atoms with van der Waals surface area (Å²) in [5.74, 6) is 0.744. The van der Waals surface area contributed by atoms with Gasteiger partial charge in [-0.15, -0.1) is 0 Å². The predicted molar refractivity (Wildman–Crippen MR) is 83.9 cm³/mol. The van der Waals surface area contributed by atoms with Gasteiger partial charge >= 0.3 is 8.80 Å². The summed E-state index contributed by atoms with van der Waals surface area (Å²) >= 11 is 0. The Balaban J connectivity index is 2.74. The molecule has 1 aliphatic carbocycles. The quantitative estimate of drug-likeness (QED) is 0.599. The lowest BCUT2D eigenvalue weighted by Gasteiger charge is -2.40. The summed E-state index contributed by atoms with van der Waals surface area (Å²) in [4.78, 5) is 11.0. The van der Waals surface area contributed by atoms with Gasteiger partial charge in [-0.2, -0.15) is 0 Å². The maximum atomic E-state index is 6.28. The fourth-order valence-corrected chi connectivity index (χ4v) is 6.14. The molecule has 1 fully saturated rings. The summed E-state index contributed by atoms with van der Waals surface area (Å²) in [6.45, 7) is 12.7. The van der Waals surface area contributed by atoms with Gasteiger partial charge in [0, 0.05) is 12.1 Å². The maximum Gasteiger partial charge on any atom is 0.440 e. The second-order valence-electron chi connectivity index (χ2n) is 5.92. The molecule has 0 aliphatic heterocycles. The summed E-state index contributed by atoms with van der Waals surface area (Å²) in [6.07, 6.45) is 5.56. The third kappa shape index (κ3) is 5.51. The first-order chi connectivity index (χ1) is 9.03. The van der Waals surface area contributed by atoms with E-state index in [1.165, 1.54) is 25.7 Å². The van der Waals surface area contributed by atoms with Crippen LogP contribution in [0.4, 0.5) is 0 Å². The molecule has 4 nitrogen and oxygen atoms in total. The van der Waals surface area contributed by atoms with Crippen molar-refractivity contribution >= 4 is 8.80 Å². The van der Waals surface area contributed by atoms with Crippen LogP contribution in [0, 0.1) is 5.92 Å². The van der Waals surface area contributed by atoms with E-state index in [0.29, 0.717) is 6.04 Å². The highest BCUT2D eigenvalue weighted by Crippen LogP contribution is 2.24. The molecule has 0 aromatic heterocycles. The van der Waals surface area contributed by atoms with Gasteiger partial charge < -0.3 is 4.43 Å². The molecule has 0 radical (unpaired) electrons. The van der Waals surface area contributed by atoms with Crippen LogP contribution >= 0.6 is 0 Å². The third-order valence-electron chi connectivity index (χ3n) is 3.76. The zero-order valence-electron chi connectivity index (χ0n) is 13.4. The molecule has 0 aromatic rings. The van der Waals surface area contributed by atoms with Crippen LogP contribution in [0.15, 0.2) is 0 Å². The summed E-state index contributed by atoms with van der Waals surface area (Å²) in [5.41, 5.74) is 0. The van der Waals surface area contributed by atoms with Crippen LogP contribution in [-0.4, -0.2) is 34.0 Å². The van der Waals surface area contributed by atoms with E-state index >= 15 is 0 Å². The van der Waals surface area contributed by atoms with Crippen LogP contribution in [0.25, 0.3) is 0 Å². The zero-order valence-corrected chi connectivity index (χ0v) is 14.4. The molecule has 5 heteroatoms. The van der Waals surface area contributed by atoms with Crippen LogP contribution in [0.2, 0.25) is 0 Å². The largest absolute Gasteiger partial charge is 0.440 e. The normalized spacial score (nSPS) is 24.9. The summed E-state index contributed by atoms with van der Waals surface area (Å²) in [5, 5.41) is 0. The number of nitrogens with one attached hydrogen (secondary N) is 3. The van der Waals surface area contributed by atoms with E-state index < -0.39 is 8.80 Å². The first-order valence-electron chi connectivity index (χ1n) is 7.98. The predicted octanol–water partition coefficient (Wildman–Crippen LogP) is 2.23. The standard InChI is InChI=1S/C14H33N3OSi/c1-6-15-19(16-7-2,18-12(3)4)17-14-11-9-8-10-13(14)5/h12-17H,6-11H2,1-5H3. The van der Waals surface area contributed by atoms with Gasteiger partial charge in [0.2, 0.25) is 0 Å². The van der Waals surface area contributed by atoms with E-state index in [-0.39, 0.29) is 6.10 Å². The molecular formula is C14H33N3OSi. The van der Waals surface area contributed by atoms with Crippen molar-refractivity contribution in [3.63, 3.8) is 0 Å². The Hall–Kier alpha value is 0.0569. The number of rotatable bonds is 8. The van der Waals surface area contributed by atoms with Crippen molar-refractivity contribution in [1.82, 2.24) is 14.9 Å². The average Bonchev–Trinajstić information content (AvgIpc) is 2.32.